The van der Waals surface area contributed by atoms with Gasteiger partial charge in [0.2, 0.25) is 0 Å². The lowest BCUT2D eigenvalue weighted by atomic mass is 10.1. The van der Waals surface area contributed by atoms with E-state index in [1.807, 2.05) is 18.3 Å². The Balaban J connectivity index is 1.88. The molecule has 1 unspecified atom stereocenters. The molecule has 1 atom stereocenters. The van der Waals surface area contributed by atoms with Crippen molar-refractivity contribution in [1.29, 1.82) is 0 Å². The molecule has 0 spiro atoms. The molecule has 1 aliphatic rings. The van der Waals surface area contributed by atoms with Gasteiger partial charge < -0.3 is 10.6 Å². The Hall–Kier alpha value is -1.81. The summed E-state index contributed by atoms with van der Waals surface area (Å²) in [5.74, 6) is 0. The van der Waals surface area contributed by atoms with E-state index in [1.165, 1.54) is 17.5 Å². The summed E-state index contributed by atoms with van der Waals surface area (Å²) in [5.41, 5.74) is 8.91. The SMILES string of the molecule is CCN(CC)C1CCN(c2ccnc3cc(N)ccc23)C1. The average molecular weight is 284 g/mol. The minimum Gasteiger partial charge on any atom is -0.399 e. The number of anilines is 2. The maximum absolute atomic E-state index is 5.86. The molecule has 0 bridgehead atoms. The minimum absolute atomic E-state index is 0.664. The highest BCUT2D eigenvalue weighted by atomic mass is 15.3. The van der Waals surface area contributed by atoms with Gasteiger partial charge in [-0.15, -0.1) is 0 Å². The van der Waals surface area contributed by atoms with Crippen LogP contribution in [0.5, 0.6) is 0 Å². The predicted octanol–water partition coefficient (Wildman–Crippen LogP) is 2.74. The molecule has 1 aromatic heterocycles. The van der Waals surface area contributed by atoms with Crippen molar-refractivity contribution < 1.29 is 0 Å². The third kappa shape index (κ3) is 2.68. The van der Waals surface area contributed by atoms with E-state index in [9.17, 15) is 0 Å². The van der Waals surface area contributed by atoms with Crippen molar-refractivity contribution in [3.05, 3.63) is 30.5 Å². The molecule has 2 aromatic rings. The van der Waals surface area contributed by atoms with Crippen LogP contribution >= 0.6 is 0 Å². The molecule has 21 heavy (non-hydrogen) atoms. The maximum Gasteiger partial charge on any atom is 0.0743 e. The monoisotopic (exact) mass is 284 g/mol. The van der Waals surface area contributed by atoms with E-state index in [4.69, 9.17) is 5.73 Å². The van der Waals surface area contributed by atoms with Crippen molar-refractivity contribution >= 4 is 22.3 Å². The Morgan fingerprint density at radius 2 is 2.10 bits per heavy atom. The molecule has 0 saturated carbocycles. The Morgan fingerprint density at radius 3 is 2.86 bits per heavy atom. The molecule has 1 fully saturated rings. The van der Waals surface area contributed by atoms with Gasteiger partial charge in [-0.2, -0.15) is 0 Å². The van der Waals surface area contributed by atoms with Crippen LogP contribution in [0.4, 0.5) is 11.4 Å². The predicted molar refractivity (Wildman–Crippen MR) is 89.7 cm³/mol. The van der Waals surface area contributed by atoms with Gasteiger partial charge in [0.1, 0.15) is 0 Å². The quantitative estimate of drug-likeness (QED) is 0.877. The van der Waals surface area contributed by atoms with E-state index in [1.54, 1.807) is 0 Å². The molecule has 3 rings (SSSR count). The summed E-state index contributed by atoms with van der Waals surface area (Å²) in [4.78, 5) is 9.49. The van der Waals surface area contributed by atoms with Gasteiger partial charge in [0.15, 0.2) is 0 Å². The Kier molecular flexibility index (Phi) is 3.97. The van der Waals surface area contributed by atoms with E-state index in [2.05, 4.69) is 40.8 Å². The van der Waals surface area contributed by atoms with Gasteiger partial charge in [-0.05, 0) is 43.8 Å². The number of pyridine rings is 1. The third-order valence-electron chi connectivity index (χ3n) is 4.58. The maximum atomic E-state index is 5.86. The molecular weight excluding hydrogens is 260 g/mol. The summed E-state index contributed by atoms with van der Waals surface area (Å²) in [6, 6.07) is 8.81. The van der Waals surface area contributed by atoms with Crippen LogP contribution in [-0.4, -0.2) is 42.1 Å². The zero-order valence-electron chi connectivity index (χ0n) is 12.9. The topological polar surface area (TPSA) is 45.4 Å². The summed E-state index contributed by atoms with van der Waals surface area (Å²) < 4.78 is 0. The first kappa shape index (κ1) is 14.1. The zero-order chi connectivity index (χ0) is 14.8. The van der Waals surface area contributed by atoms with Crippen LogP contribution in [0.15, 0.2) is 30.5 Å². The van der Waals surface area contributed by atoms with Crippen molar-refractivity contribution in [3.8, 4) is 0 Å². The first-order chi connectivity index (χ1) is 10.2. The summed E-state index contributed by atoms with van der Waals surface area (Å²) in [6.07, 6.45) is 3.13. The number of nitrogen functional groups attached to an aromatic ring is 1. The standard InChI is InChI=1S/C17H24N4/c1-3-20(4-2)14-8-10-21(12-14)17-7-9-19-16-11-13(18)5-6-15(16)17/h5-7,9,11,14H,3-4,8,10,12,18H2,1-2H3. The van der Waals surface area contributed by atoms with Gasteiger partial charge >= 0.3 is 0 Å². The van der Waals surface area contributed by atoms with Crippen molar-refractivity contribution in [2.24, 2.45) is 0 Å². The van der Waals surface area contributed by atoms with Crippen LogP contribution in [0, 0.1) is 0 Å². The number of fused-ring (bicyclic) bond motifs is 1. The second kappa shape index (κ2) is 5.90. The van der Waals surface area contributed by atoms with Crippen molar-refractivity contribution in [2.75, 3.05) is 36.8 Å². The number of aromatic nitrogens is 1. The normalized spacial score (nSPS) is 18.8. The molecule has 0 radical (unpaired) electrons. The molecule has 2 heterocycles. The number of nitrogens with two attached hydrogens (primary N) is 1. The molecule has 0 amide bonds. The summed E-state index contributed by atoms with van der Waals surface area (Å²) in [5, 5.41) is 1.20. The minimum atomic E-state index is 0.664. The second-order valence-electron chi connectivity index (χ2n) is 5.72. The van der Waals surface area contributed by atoms with Gasteiger partial charge in [0.05, 0.1) is 5.52 Å². The van der Waals surface area contributed by atoms with Crippen LogP contribution in [0.25, 0.3) is 10.9 Å². The van der Waals surface area contributed by atoms with E-state index in [0.29, 0.717) is 6.04 Å². The lowest BCUT2D eigenvalue weighted by molar-refractivity contribution is 0.232. The molecule has 1 aromatic carbocycles. The number of hydrogen-bond donors (Lipinski definition) is 1. The van der Waals surface area contributed by atoms with Crippen LogP contribution in [-0.2, 0) is 0 Å². The fourth-order valence-electron chi connectivity index (χ4n) is 3.42. The highest BCUT2D eigenvalue weighted by Crippen LogP contribution is 2.30. The number of rotatable bonds is 4. The van der Waals surface area contributed by atoms with Gasteiger partial charge in [-0.1, -0.05) is 13.8 Å². The number of benzene rings is 1. The van der Waals surface area contributed by atoms with E-state index in [-0.39, 0.29) is 0 Å². The number of hydrogen-bond acceptors (Lipinski definition) is 4. The Morgan fingerprint density at radius 1 is 1.29 bits per heavy atom. The molecule has 1 saturated heterocycles. The molecule has 1 aliphatic heterocycles. The molecule has 2 N–H and O–H groups in total. The highest BCUT2D eigenvalue weighted by Gasteiger charge is 2.27. The third-order valence-corrected chi connectivity index (χ3v) is 4.58. The van der Waals surface area contributed by atoms with Crippen LogP contribution in [0.1, 0.15) is 20.3 Å². The van der Waals surface area contributed by atoms with Crippen molar-refractivity contribution in [1.82, 2.24) is 9.88 Å². The van der Waals surface area contributed by atoms with Gasteiger partial charge in [-0.3, -0.25) is 9.88 Å². The summed E-state index contributed by atoms with van der Waals surface area (Å²) >= 11 is 0. The number of likely N-dealkylation sites (N-methyl/N-ethyl adjacent to an activating group) is 1. The fraction of sp³-hybridized carbons (Fsp3) is 0.471. The zero-order valence-corrected chi connectivity index (χ0v) is 12.9. The Bertz CT molecular complexity index is 621. The molecular formula is C17H24N4. The van der Waals surface area contributed by atoms with Crippen LogP contribution in [0.3, 0.4) is 0 Å². The van der Waals surface area contributed by atoms with Crippen LogP contribution in [0.2, 0.25) is 0 Å². The van der Waals surface area contributed by atoms with Crippen molar-refractivity contribution in [3.63, 3.8) is 0 Å². The number of nitrogens with zero attached hydrogens (tertiary/aromatic N) is 3. The largest absolute Gasteiger partial charge is 0.399 e. The van der Waals surface area contributed by atoms with Gasteiger partial charge in [0.25, 0.3) is 0 Å². The van der Waals surface area contributed by atoms with E-state index in [0.717, 1.165) is 37.4 Å². The first-order valence-electron chi connectivity index (χ1n) is 7.86. The van der Waals surface area contributed by atoms with Crippen molar-refractivity contribution in [2.45, 2.75) is 26.3 Å². The molecule has 4 nitrogen and oxygen atoms in total. The Labute approximate surface area is 126 Å². The molecule has 112 valence electrons. The highest BCUT2D eigenvalue weighted by molar-refractivity contribution is 5.93. The fourth-order valence-corrected chi connectivity index (χ4v) is 3.42. The molecule has 4 heteroatoms. The van der Waals surface area contributed by atoms with Crippen LogP contribution < -0.4 is 10.6 Å². The lowest BCUT2D eigenvalue weighted by Gasteiger charge is -2.27. The van der Waals surface area contributed by atoms with Gasteiger partial charge in [-0.25, -0.2) is 0 Å². The smallest absolute Gasteiger partial charge is 0.0743 e. The first-order valence-corrected chi connectivity index (χ1v) is 7.86. The molecule has 0 aliphatic carbocycles. The van der Waals surface area contributed by atoms with E-state index < -0.39 is 0 Å². The van der Waals surface area contributed by atoms with E-state index >= 15 is 0 Å². The average Bonchev–Trinajstić information content (AvgIpc) is 2.97. The lowest BCUT2D eigenvalue weighted by Crippen LogP contribution is -2.37. The summed E-state index contributed by atoms with van der Waals surface area (Å²) in [6.45, 7) is 8.97. The van der Waals surface area contributed by atoms with Gasteiger partial charge in [0, 0.05) is 42.1 Å². The summed E-state index contributed by atoms with van der Waals surface area (Å²) in [7, 11) is 0. The second-order valence-corrected chi connectivity index (χ2v) is 5.72.